The minimum Gasteiger partial charge on any atom is -0.361 e. The van der Waals surface area contributed by atoms with Gasteiger partial charge < -0.3 is 9.88 Å². The number of carbonyl (C=O) groups excluding carboxylic acids is 1. The van der Waals surface area contributed by atoms with Crippen LogP contribution in [0.25, 0.3) is 10.9 Å². The molecule has 1 amide bonds. The summed E-state index contributed by atoms with van der Waals surface area (Å²) in [6.07, 6.45) is 3.99. The van der Waals surface area contributed by atoms with Gasteiger partial charge in [0.25, 0.3) is 5.91 Å². The van der Waals surface area contributed by atoms with Crippen molar-refractivity contribution in [2.75, 3.05) is 7.05 Å². The molecule has 1 N–H and O–H groups in total. The van der Waals surface area contributed by atoms with Gasteiger partial charge in [0, 0.05) is 24.7 Å². The summed E-state index contributed by atoms with van der Waals surface area (Å²) in [5.41, 5.74) is 1.68. The zero-order chi connectivity index (χ0) is 13.1. The molecule has 96 valence electrons. The fourth-order valence-corrected chi connectivity index (χ4v) is 2.26. The number of aromatic amines is 1. The highest BCUT2D eigenvalue weighted by molar-refractivity contribution is 6.05. The number of hydrogen-bond acceptors (Lipinski definition) is 1. The third-order valence-electron chi connectivity index (χ3n) is 3.51. The maximum atomic E-state index is 12.5. The number of carbonyl (C=O) groups is 1. The number of aromatic nitrogens is 1. The third kappa shape index (κ3) is 2.26. The normalized spacial score (nSPS) is 12.6. The Morgan fingerprint density at radius 3 is 2.89 bits per heavy atom. The Balaban J connectivity index is 2.30. The molecular weight excluding hydrogens is 224 g/mol. The number of para-hydroxylation sites is 1. The van der Waals surface area contributed by atoms with E-state index in [-0.39, 0.29) is 11.9 Å². The molecule has 0 aliphatic rings. The summed E-state index contributed by atoms with van der Waals surface area (Å²) in [5.74, 6) is 0.0870. The predicted octanol–water partition coefficient (Wildman–Crippen LogP) is 3.43. The number of nitrogens with zero attached hydrogens (tertiary/aromatic N) is 1. The van der Waals surface area contributed by atoms with Crippen molar-refractivity contribution in [2.45, 2.75) is 32.7 Å². The third-order valence-corrected chi connectivity index (χ3v) is 3.51. The summed E-state index contributed by atoms with van der Waals surface area (Å²) in [7, 11) is 1.88. The number of fused-ring (bicyclic) bond motifs is 1. The second kappa shape index (κ2) is 5.25. The van der Waals surface area contributed by atoms with Crippen LogP contribution in [0.15, 0.2) is 30.5 Å². The van der Waals surface area contributed by atoms with Crippen molar-refractivity contribution in [3.8, 4) is 0 Å². The fourth-order valence-electron chi connectivity index (χ4n) is 2.26. The molecule has 3 heteroatoms. The largest absolute Gasteiger partial charge is 0.361 e. The van der Waals surface area contributed by atoms with Gasteiger partial charge in [-0.2, -0.15) is 0 Å². The van der Waals surface area contributed by atoms with Gasteiger partial charge in [-0.1, -0.05) is 25.5 Å². The quantitative estimate of drug-likeness (QED) is 0.878. The molecule has 0 spiro atoms. The summed E-state index contributed by atoms with van der Waals surface area (Å²) in [6.45, 7) is 4.23. The first-order valence-electron chi connectivity index (χ1n) is 6.48. The topological polar surface area (TPSA) is 36.1 Å². The highest BCUT2D eigenvalue weighted by Crippen LogP contribution is 2.19. The van der Waals surface area contributed by atoms with E-state index in [0.29, 0.717) is 0 Å². The van der Waals surface area contributed by atoms with E-state index in [1.165, 1.54) is 0 Å². The van der Waals surface area contributed by atoms with Crippen molar-refractivity contribution >= 4 is 16.8 Å². The number of nitrogens with one attached hydrogen (secondary N) is 1. The van der Waals surface area contributed by atoms with Crippen LogP contribution >= 0.6 is 0 Å². The molecule has 1 heterocycles. The van der Waals surface area contributed by atoms with Crippen LogP contribution in [0.4, 0.5) is 0 Å². The molecular formula is C15H20N2O. The Morgan fingerprint density at radius 1 is 1.39 bits per heavy atom. The molecule has 1 unspecified atom stereocenters. The first kappa shape index (κ1) is 12.7. The SMILES string of the molecule is CCCC(C)N(C)C(=O)c1cccc2cc[nH]c12. The molecule has 1 atom stereocenters. The van der Waals surface area contributed by atoms with E-state index in [1.54, 1.807) is 0 Å². The standard InChI is InChI=1S/C15H20N2O/c1-4-6-11(2)17(3)15(18)13-8-5-7-12-9-10-16-14(12)13/h5,7-11,16H,4,6H2,1-3H3. The molecule has 0 saturated carbocycles. The lowest BCUT2D eigenvalue weighted by atomic mass is 10.1. The van der Waals surface area contributed by atoms with Crippen LogP contribution in [0, 0.1) is 0 Å². The van der Waals surface area contributed by atoms with Crippen LogP contribution in [-0.4, -0.2) is 28.9 Å². The molecule has 0 aliphatic heterocycles. The smallest absolute Gasteiger partial charge is 0.255 e. The van der Waals surface area contributed by atoms with Gasteiger partial charge in [-0.15, -0.1) is 0 Å². The molecule has 2 rings (SSSR count). The van der Waals surface area contributed by atoms with E-state index in [2.05, 4.69) is 18.8 Å². The predicted molar refractivity (Wildman–Crippen MR) is 74.8 cm³/mol. The number of rotatable bonds is 4. The van der Waals surface area contributed by atoms with Crippen molar-refractivity contribution in [1.82, 2.24) is 9.88 Å². The zero-order valence-corrected chi connectivity index (χ0v) is 11.2. The lowest BCUT2D eigenvalue weighted by Gasteiger charge is -2.24. The Labute approximate surface area is 108 Å². The Bertz CT molecular complexity index is 544. The van der Waals surface area contributed by atoms with Gasteiger partial charge in [0.05, 0.1) is 11.1 Å². The highest BCUT2D eigenvalue weighted by atomic mass is 16.2. The summed E-state index contributed by atoms with van der Waals surface area (Å²) >= 11 is 0. The second-order valence-electron chi connectivity index (χ2n) is 4.80. The number of H-pyrrole nitrogens is 1. The van der Waals surface area contributed by atoms with E-state index in [4.69, 9.17) is 0 Å². The average molecular weight is 244 g/mol. The maximum absolute atomic E-state index is 12.5. The van der Waals surface area contributed by atoms with Crippen molar-refractivity contribution in [1.29, 1.82) is 0 Å². The van der Waals surface area contributed by atoms with Crippen LogP contribution in [-0.2, 0) is 0 Å². The molecule has 3 nitrogen and oxygen atoms in total. The van der Waals surface area contributed by atoms with Crippen molar-refractivity contribution in [3.05, 3.63) is 36.0 Å². The lowest BCUT2D eigenvalue weighted by Crippen LogP contribution is -2.35. The van der Waals surface area contributed by atoms with Crippen molar-refractivity contribution in [3.63, 3.8) is 0 Å². The van der Waals surface area contributed by atoms with Gasteiger partial charge in [-0.25, -0.2) is 0 Å². The Hall–Kier alpha value is -1.77. The van der Waals surface area contributed by atoms with Crippen molar-refractivity contribution < 1.29 is 4.79 Å². The first-order chi connectivity index (χ1) is 8.65. The molecule has 0 saturated heterocycles. The van der Waals surface area contributed by atoms with Gasteiger partial charge in [-0.05, 0) is 25.5 Å². The highest BCUT2D eigenvalue weighted by Gasteiger charge is 2.19. The zero-order valence-electron chi connectivity index (χ0n) is 11.2. The average Bonchev–Trinajstić information content (AvgIpc) is 2.85. The van der Waals surface area contributed by atoms with Crippen LogP contribution in [0.3, 0.4) is 0 Å². The minimum absolute atomic E-state index is 0.0870. The van der Waals surface area contributed by atoms with Crippen LogP contribution in [0.2, 0.25) is 0 Å². The summed E-state index contributed by atoms with van der Waals surface area (Å²) in [5, 5.41) is 1.08. The molecule has 0 radical (unpaired) electrons. The Kier molecular flexibility index (Phi) is 3.70. The summed E-state index contributed by atoms with van der Waals surface area (Å²) in [4.78, 5) is 17.5. The number of benzene rings is 1. The molecule has 1 aromatic heterocycles. The summed E-state index contributed by atoms with van der Waals surface area (Å²) in [6, 6.07) is 8.09. The van der Waals surface area contributed by atoms with E-state index in [1.807, 2.05) is 42.4 Å². The van der Waals surface area contributed by atoms with Crippen LogP contribution in [0.1, 0.15) is 37.0 Å². The fraction of sp³-hybridized carbons (Fsp3) is 0.400. The number of amides is 1. The number of hydrogen-bond donors (Lipinski definition) is 1. The van der Waals surface area contributed by atoms with Crippen LogP contribution in [0.5, 0.6) is 0 Å². The van der Waals surface area contributed by atoms with E-state index in [0.717, 1.165) is 29.3 Å². The molecule has 0 bridgehead atoms. The van der Waals surface area contributed by atoms with E-state index in [9.17, 15) is 4.79 Å². The first-order valence-corrected chi connectivity index (χ1v) is 6.48. The molecule has 0 aliphatic carbocycles. The van der Waals surface area contributed by atoms with Crippen LogP contribution < -0.4 is 0 Å². The summed E-state index contributed by atoms with van der Waals surface area (Å²) < 4.78 is 0. The monoisotopic (exact) mass is 244 g/mol. The van der Waals surface area contributed by atoms with Gasteiger partial charge in [0.2, 0.25) is 0 Å². The molecule has 2 aromatic rings. The van der Waals surface area contributed by atoms with E-state index < -0.39 is 0 Å². The van der Waals surface area contributed by atoms with Gasteiger partial charge in [0.1, 0.15) is 0 Å². The minimum atomic E-state index is 0.0870. The lowest BCUT2D eigenvalue weighted by molar-refractivity contribution is 0.0738. The molecule has 1 aromatic carbocycles. The second-order valence-corrected chi connectivity index (χ2v) is 4.80. The maximum Gasteiger partial charge on any atom is 0.255 e. The van der Waals surface area contributed by atoms with Gasteiger partial charge >= 0.3 is 0 Å². The molecule has 18 heavy (non-hydrogen) atoms. The van der Waals surface area contributed by atoms with Gasteiger partial charge in [-0.3, -0.25) is 4.79 Å². The Morgan fingerprint density at radius 2 is 2.17 bits per heavy atom. The van der Waals surface area contributed by atoms with E-state index >= 15 is 0 Å². The molecule has 0 fully saturated rings. The van der Waals surface area contributed by atoms with Gasteiger partial charge in [0.15, 0.2) is 0 Å². The van der Waals surface area contributed by atoms with Crippen molar-refractivity contribution in [2.24, 2.45) is 0 Å².